The number of fused-ring (bicyclic) bond motifs is 1. The molecule has 0 aliphatic heterocycles. The van der Waals surface area contributed by atoms with Crippen LogP contribution in [0.1, 0.15) is 40.0 Å². The molecule has 2 aliphatic carbocycles. The van der Waals surface area contributed by atoms with Crippen LogP contribution < -0.4 is 5.32 Å². The van der Waals surface area contributed by atoms with E-state index in [1.807, 2.05) is 5.92 Å². The molecular weight excluding hydrogens is 339 g/mol. The Balaban J connectivity index is 0.000000324. The Hall–Kier alpha value is 1.00. The minimum atomic E-state index is -0.884. The van der Waals surface area contributed by atoms with E-state index >= 15 is 0 Å². The number of hydrogen-bond acceptors (Lipinski definition) is 2. The fourth-order valence-corrected chi connectivity index (χ4v) is 2.71. The van der Waals surface area contributed by atoms with Crippen molar-refractivity contribution >= 4 is 54.9 Å². The number of hydrogen-bond donors (Lipinski definition) is 2. The van der Waals surface area contributed by atoms with Crippen molar-refractivity contribution in [3.63, 3.8) is 0 Å². The van der Waals surface area contributed by atoms with E-state index in [2.05, 4.69) is 33.1 Å². The van der Waals surface area contributed by atoms with E-state index < -0.39 is 5.97 Å². The van der Waals surface area contributed by atoms with Crippen molar-refractivity contribution in [2.24, 2.45) is 17.3 Å². The molecule has 4 heteroatoms. The van der Waals surface area contributed by atoms with Gasteiger partial charge in [-0.05, 0) is 0 Å². The molecule has 2 saturated carbocycles. The van der Waals surface area contributed by atoms with Crippen molar-refractivity contribution in [1.82, 2.24) is 5.32 Å². The third-order valence-electron chi connectivity index (χ3n) is 3.83. The molecule has 2 rings (SSSR count). The molecule has 17 heavy (non-hydrogen) atoms. The minimum absolute atomic E-state index is 0. The number of nitrogens with one attached hydrogen (secondary N) is 1. The molecule has 2 N–H and O–H groups in total. The second kappa shape index (κ2) is 7.56. The van der Waals surface area contributed by atoms with Crippen molar-refractivity contribution < 1.29 is 9.90 Å². The van der Waals surface area contributed by atoms with Gasteiger partial charge in [0.25, 0.3) is 0 Å². The Morgan fingerprint density at radius 1 is 1.53 bits per heavy atom. The Kier molecular flexibility index (Phi) is 8.00. The van der Waals surface area contributed by atoms with E-state index in [0.717, 1.165) is 11.8 Å². The summed E-state index contributed by atoms with van der Waals surface area (Å²) in [7, 11) is 3.10. The Morgan fingerprint density at radius 2 is 2.12 bits per heavy atom. The number of rotatable bonds is 2. The predicted octanol–water partition coefficient (Wildman–Crippen LogP) is 2.11. The van der Waals surface area contributed by atoms with Crippen molar-refractivity contribution in [3.8, 4) is 0 Å². The summed E-state index contributed by atoms with van der Waals surface area (Å²) < 4.78 is 0. The smallest absolute Gasteiger partial charge is 0.480 e. The zero-order valence-corrected chi connectivity index (χ0v) is 15.7. The molecule has 0 amide bonds. The van der Waals surface area contributed by atoms with Gasteiger partial charge in [0, 0.05) is 0 Å². The third kappa shape index (κ3) is 5.25. The first-order chi connectivity index (χ1) is 7.39. The first-order valence-corrected chi connectivity index (χ1v) is 5.97. The maximum Gasteiger partial charge on any atom is 2.00 e. The quantitative estimate of drug-likeness (QED) is 0.584. The molecule has 0 heterocycles. The molecule has 2 fully saturated rings. The molecular formula is C13H23BaNO2. The number of carboxylic acids is 1. The van der Waals surface area contributed by atoms with Gasteiger partial charge in [-0.25, -0.2) is 0 Å². The fraction of sp³-hybridized carbons (Fsp3) is 0.769. The van der Waals surface area contributed by atoms with Crippen LogP contribution in [0.3, 0.4) is 0 Å². The molecule has 0 aromatic rings. The van der Waals surface area contributed by atoms with Crippen molar-refractivity contribution in [1.29, 1.82) is 0 Å². The Morgan fingerprint density at radius 3 is 2.41 bits per heavy atom. The van der Waals surface area contributed by atoms with Crippen LogP contribution in [0.4, 0.5) is 0 Å². The summed E-state index contributed by atoms with van der Waals surface area (Å²) >= 11 is 0. The first-order valence-electron chi connectivity index (χ1n) is 5.97. The summed E-state index contributed by atoms with van der Waals surface area (Å²) in [5.41, 5.74) is 0.644. The summed E-state index contributed by atoms with van der Waals surface area (Å²) in [6, 6.07) is 0. The summed E-state index contributed by atoms with van der Waals surface area (Å²) in [6.45, 7) is 7.13. The number of aliphatic carboxylic acids is 1. The molecule has 0 radical (unpaired) electrons. The zero-order chi connectivity index (χ0) is 12.3. The van der Waals surface area contributed by atoms with E-state index in [4.69, 9.17) is 5.11 Å². The van der Waals surface area contributed by atoms with E-state index in [-0.39, 0.29) is 55.4 Å². The molecule has 2 aliphatic rings. The van der Waals surface area contributed by atoms with Gasteiger partial charge in [0.15, 0.2) is 0 Å². The Labute approximate surface area is 145 Å². The van der Waals surface area contributed by atoms with Crippen LogP contribution in [0.15, 0.2) is 0 Å². The van der Waals surface area contributed by atoms with Gasteiger partial charge in [0.1, 0.15) is 0 Å². The van der Waals surface area contributed by atoms with E-state index in [1.165, 1.54) is 19.3 Å². The summed E-state index contributed by atoms with van der Waals surface area (Å²) in [5.74, 6) is 2.98. The molecule has 0 spiro atoms. The maximum atomic E-state index is 9.50. The molecule has 0 saturated heterocycles. The van der Waals surface area contributed by atoms with Gasteiger partial charge in [-0.15, -0.1) is 0 Å². The van der Waals surface area contributed by atoms with E-state index in [9.17, 15) is 4.79 Å². The van der Waals surface area contributed by atoms with Crippen LogP contribution in [0.5, 0.6) is 0 Å². The van der Waals surface area contributed by atoms with Crippen LogP contribution >= 0.6 is 0 Å². The van der Waals surface area contributed by atoms with Gasteiger partial charge in [-0.1, -0.05) is 39.5 Å². The molecule has 0 aromatic carbocycles. The zero-order valence-electron chi connectivity index (χ0n) is 11.3. The SMILES string of the molecule is CC1CCC2[C-](C1)C2(C)C.[Ba+2].[CH2-]NCC(=O)O. The minimum Gasteiger partial charge on any atom is -0.480 e. The summed E-state index contributed by atoms with van der Waals surface area (Å²) in [5, 5.41) is 10.0. The van der Waals surface area contributed by atoms with Gasteiger partial charge in [-0.2, -0.15) is 17.8 Å². The van der Waals surface area contributed by atoms with Crippen molar-refractivity contribution in [2.45, 2.75) is 40.0 Å². The van der Waals surface area contributed by atoms with Gasteiger partial charge >= 0.3 is 54.9 Å². The van der Waals surface area contributed by atoms with Crippen LogP contribution in [0.2, 0.25) is 0 Å². The molecule has 2 atom stereocenters. The van der Waals surface area contributed by atoms with Crippen molar-refractivity contribution in [3.05, 3.63) is 13.0 Å². The second-order valence-corrected chi connectivity index (χ2v) is 5.51. The average molecular weight is 363 g/mol. The number of carboxylic acid groups (broad SMARTS) is 1. The normalized spacial score (nSPS) is 29.2. The van der Waals surface area contributed by atoms with Crippen LogP contribution in [-0.2, 0) is 4.79 Å². The third-order valence-corrected chi connectivity index (χ3v) is 3.83. The van der Waals surface area contributed by atoms with Gasteiger partial charge in [0.05, 0.1) is 6.54 Å². The van der Waals surface area contributed by atoms with Crippen LogP contribution in [0.25, 0.3) is 0 Å². The maximum absolute atomic E-state index is 9.50. The van der Waals surface area contributed by atoms with Gasteiger partial charge in [-0.3, -0.25) is 11.8 Å². The predicted molar refractivity (Wildman–Crippen MR) is 70.3 cm³/mol. The molecule has 2 unspecified atom stereocenters. The second-order valence-electron chi connectivity index (χ2n) is 5.51. The van der Waals surface area contributed by atoms with Crippen LogP contribution in [-0.4, -0.2) is 66.5 Å². The van der Waals surface area contributed by atoms with Gasteiger partial charge < -0.3 is 16.3 Å². The molecule has 3 nitrogen and oxygen atoms in total. The molecule has 94 valence electrons. The van der Waals surface area contributed by atoms with E-state index in [0.29, 0.717) is 5.41 Å². The van der Waals surface area contributed by atoms with Crippen molar-refractivity contribution in [2.75, 3.05) is 6.54 Å². The van der Waals surface area contributed by atoms with E-state index in [1.54, 1.807) is 0 Å². The number of carbonyl (C=O) groups is 1. The average Bonchev–Trinajstić information content (AvgIpc) is 2.69. The largest absolute Gasteiger partial charge is 2.00 e. The standard InChI is InChI=1S/C10H17.C3H6NO2.Ba/c1-7-4-5-8-9(6-7)10(8,2)3;1-4-2-3(5)6;/h7-8H,4-6H2,1-3H3;4H,1-2H2,(H,5,6);/q2*-1;+2. The first kappa shape index (κ1) is 18.0. The summed E-state index contributed by atoms with van der Waals surface area (Å²) in [4.78, 5) is 9.50. The Bertz CT molecular complexity index is 256. The van der Waals surface area contributed by atoms with Crippen LogP contribution in [0, 0.1) is 30.2 Å². The topological polar surface area (TPSA) is 49.3 Å². The monoisotopic (exact) mass is 363 g/mol. The fourth-order valence-electron chi connectivity index (χ4n) is 2.71. The summed E-state index contributed by atoms with van der Waals surface area (Å²) in [6.07, 6.45) is 4.37. The molecule has 0 bridgehead atoms. The molecule has 0 aromatic heterocycles. The van der Waals surface area contributed by atoms with Gasteiger partial charge in [0.2, 0.25) is 0 Å².